The monoisotopic (exact) mass is 590 g/mol. The molecule has 0 aliphatic rings. The first-order chi connectivity index (χ1) is 22.8. The van der Waals surface area contributed by atoms with Crippen LogP contribution in [0.4, 0.5) is 0 Å². The number of aromatic nitrogens is 6. The van der Waals surface area contributed by atoms with Crippen molar-refractivity contribution in [3.8, 4) is 68.1 Å². The molecule has 8 rings (SSSR count). The summed E-state index contributed by atoms with van der Waals surface area (Å²) in [6.07, 6.45) is 1.80. The quantitative estimate of drug-likeness (QED) is 0.192. The molecule has 0 aliphatic carbocycles. The Morgan fingerprint density at radius 3 is 1.43 bits per heavy atom. The van der Waals surface area contributed by atoms with E-state index in [2.05, 4.69) is 36.4 Å². The van der Waals surface area contributed by atoms with E-state index in [-0.39, 0.29) is 0 Å². The Kier molecular flexibility index (Phi) is 7.05. The molecule has 0 bridgehead atoms. The van der Waals surface area contributed by atoms with E-state index in [4.69, 9.17) is 29.9 Å². The average molecular weight is 591 g/mol. The molecule has 0 amide bonds. The maximum atomic E-state index is 5.05. The van der Waals surface area contributed by atoms with Crippen LogP contribution in [0.3, 0.4) is 0 Å². The molecule has 4 aromatic heterocycles. The summed E-state index contributed by atoms with van der Waals surface area (Å²) in [5.74, 6) is 1.77. The topological polar surface area (TPSA) is 77.3 Å². The van der Waals surface area contributed by atoms with E-state index in [9.17, 15) is 0 Å². The molecule has 0 saturated heterocycles. The Bertz CT molecular complexity index is 2230. The van der Waals surface area contributed by atoms with Gasteiger partial charge in [0.25, 0.3) is 0 Å². The molecule has 8 aromatic rings. The summed E-state index contributed by atoms with van der Waals surface area (Å²) in [5.41, 5.74) is 8.78. The molecular formula is C40H26N6. The predicted molar refractivity (Wildman–Crippen MR) is 183 cm³/mol. The van der Waals surface area contributed by atoms with Crippen LogP contribution in [0.1, 0.15) is 0 Å². The third-order valence-corrected chi connectivity index (χ3v) is 7.78. The molecule has 6 nitrogen and oxygen atoms in total. The highest BCUT2D eigenvalue weighted by atomic mass is 15.0. The molecule has 0 spiro atoms. The number of benzene rings is 4. The van der Waals surface area contributed by atoms with E-state index in [0.29, 0.717) is 17.5 Å². The van der Waals surface area contributed by atoms with Gasteiger partial charge in [-0.2, -0.15) is 0 Å². The number of pyridine rings is 3. The van der Waals surface area contributed by atoms with Gasteiger partial charge in [0.1, 0.15) is 0 Å². The summed E-state index contributed by atoms with van der Waals surface area (Å²) in [7, 11) is 0. The minimum atomic E-state index is 0.554. The van der Waals surface area contributed by atoms with Crippen molar-refractivity contribution in [2.75, 3.05) is 0 Å². The van der Waals surface area contributed by atoms with Crippen molar-refractivity contribution in [3.05, 3.63) is 158 Å². The van der Waals surface area contributed by atoms with Gasteiger partial charge in [-0.1, -0.05) is 115 Å². The van der Waals surface area contributed by atoms with Crippen LogP contribution in [0.25, 0.3) is 79.0 Å². The van der Waals surface area contributed by atoms with Crippen molar-refractivity contribution in [1.29, 1.82) is 0 Å². The van der Waals surface area contributed by atoms with Crippen molar-refractivity contribution >= 4 is 10.9 Å². The highest BCUT2D eigenvalue weighted by Gasteiger charge is 2.15. The van der Waals surface area contributed by atoms with Crippen LogP contribution in [-0.4, -0.2) is 29.9 Å². The van der Waals surface area contributed by atoms with Crippen LogP contribution in [0.2, 0.25) is 0 Å². The first-order valence-electron chi connectivity index (χ1n) is 15.0. The van der Waals surface area contributed by atoms with E-state index in [1.165, 1.54) is 0 Å². The lowest BCUT2D eigenvalue weighted by molar-refractivity contribution is 1.07. The van der Waals surface area contributed by atoms with E-state index in [1.54, 1.807) is 6.20 Å². The van der Waals surface area contributed by atoms with Gasteiger partial charge in [0, 0.05) is 28.3 Å². The number of fused-ring (bicyclic) bond motifs is 1. The lowest BCUT2D eigenvalue weighted by Gasteiger charge is -2.11. The van der Waals surface area contributed by atoms with E-state index < -0.39 is 0 Å². The minimum Gasteiger partial charge on any atom is -0.254 e. The number of hydrogen-bond donors (Lipinski definition) is 0. The van der Waals surface area contributed by atoms with Crippen LogP contribution in [0.15, 0.2) is 158 Å². The second-order valence-corrected chi connectivity index (χ2v) is 10.9. The number of nitrogens with zero attached hydrogens (tertiary/aromatic N) is 6. The molecule has 6 heteroatoms. The first-order valence-corrected chi connectivity index (χ1v) is 15.0. The second-order valence-electron chi connectivity index (χ2n) is 10.9. The van der Waals surface area contributed by atoms with Crippen molar-refractivity contribution in [1.82, 2.24) is 29.9 Å². The third-order valence-electron chi connectivity index (χ3n) is 7.78. The lowest BCUT2D eigenvalue weighted by atomic mass is 10.0. The average Bonchev–Trinajstić information content (AvgIpc) is 3.15. The molecule has 4 heterocycles. The fraction of sp³-hybridized carbons (Fsp3) is 0. The molecule has 4 aromatic carbocycles. The molecule has 0 unspecified atom stereocenters. The van der Waals surface area contributed by atoms with Crippen molar-refractivity contribution in [3.63, 3.8) is 0 Å². The van der Waals surface area contributed by atoms with Gasteiger partial charge in [0.05, 0.1) is 28.3 Å². The number of rotatable bonds is 6. The highest BCUT2D eigenvalue weighted by Crippen LogP contribution is 2.31. The largest absolute Gasteiger partial charge is 0.254 e. The van der Waals surface area contributed by atoms with E-state index in [1.807, 2.05) is 115 Å². The molecule has 0 N–H and O–H groups in total. The van der Waals surface area contributed by atoms with Gasteiger partial charge >= 0.3 is 0 Å². The molecule has 0 fully saturated rings. The lowest BCUT2D eigenvalue weighted by Crippen LogP contribution is -2.00. The summed E-state index contributed by atoms with van der Waals surface area (Å²) < 4.78 is 0. The van der Waals surface area contributed by atoms with Gasteiger partial charge in [0.2, 0.25) is 0 Å². The Morgan fingerprint density at radius 2 is 0.826 bits per heavy atom. The van der Waals surface area contributed by atoms with Crippen molar-refractivity contribution < 1.29 is 0 Å². The second kappa shape index (κ2) is 11.9. The maximum absolute atomic E-state index is 5.05. The third kappa shape index (κ3) is 5.51. The molecule has 0 saturated carbocycles. The predicted octanol–water partition coefficient (Wildman–Crippen LogP) is 9.21. The highest BCUT2D eigenvalue weighted by molar-refractivity contribution is 5.82. The van der Waals surface area contributed by atoms with Gasteiger partial charge in [-0.3, -0.25) is 4.98 Å². The Balaban J connectivity index is 1.22. The minimum absolute atomic E-state index is 0.554. The first kappa shape index (κ1) is 27.2. The molecular weight excluding hydrogens is 564 g/mol. The van der Waals surface area contributed by atoms with Crippen LogP contribution in [0.5, 0.6) is 0 Å². The Morgan fingerprint density at radius 1 is 0.304 bits per heavy atom. The van der Waals surface area contributed by atoms with E-state index in [0.717, 1.165) is 61.5 Å². The van der Waals surface area contributed by atoms with Crippen molar-refractivity contribution in [2.45, 2.75) is 0 Å². The van der Waals surface area contributed by atoms with Gasteiger partial charge in [0.15, 0.2) is 17.5 Å². The zero-order chi connectivity index (χ0) is 30.7. The van der Waals surface area contributed by atoms with Crippen LogP contribution in [0, 0.1) is 0 Å². The molecule has 0 aliphatic heterocycles. The fourth-order valence-corrected chi connectivity index (χ4v) is 5.41. The summed E-state index contributed by atoms with van der Waals surface area (Å²) in [4.78, 5) is 29.3. The standard InChI is InChI=1S/C40H26N6/c1-4-12-27(13-5-1)32-24-36(43-37(25-32)35-23-20-28-14-10-11-19-33(28)42-35)34-22-21-31(26-41-34)40-45-38(29-15-6-2-7-16-29)44-39(46-40)30-17-8-3-9-18-30/h1-26H. The van der Waals surface area contributed by atoms with Crippen LogP contribution in [-0.2, 0) is 0 Å². The van der Waals surface area contributed by atoms with Crippen molar-refractivity contribution in [2.24, 2.45) is 0 Å². The smallest absolute Gasteiger partial charge is 0.165 e. The molecule has 0 atom stereocenters. The van der Waals surface area contributed by atoms with Gasteiger partial charge in [-0.05, 0) is 47.5 Å². The van der Waals surface area contributed by atoms with Crippen LogP contribution >= 0.6 is 0 Å². The maximum Gasteiger partial charge on any atom is 0.165 e. The Labute approximate surface area is 266 Å². The zero-order valence-electron chi connectivity index (χ0n) is 24.7. The van der Waals surface area contributed by atoms with Gasteiger partial charge < -0.3 is 0 Å². The molecule has 46 heavy (non-hydrogen) atoms. The summed E-state index contributed by atoms with van der Waals surface area (Å²) in [5, 5.41) is 1.09. The fourth-order valence-electron chi connectivity index (χ4n) is 5.41. The molecule has 0 radical (unpaired) electrons. The number of hydrogen-bond acceptors (Lipinski definition) is 6. The summed E-state index contributed by atoms with van der Waals surface area (Å²) in [6.45, 7) is 0. The van der Waals surface area contributed by atoms with Gasteiger partial charge in [-0.15, -0.1) is 0 Å². The summed E-state index contributed by atoms with van der Waals surface area (Å²) >= 11 is 0. The van der Waals surface area contributed by atoms with Gasteiger partial charge in [-0.25, -0.2) is 24.9 Å². The Hall–Kier alpha value is -6.40. The van der Waals surface area contributed by atoms with Crippen LogP contribution < -0.4 is 0 Å². The molecule has 216 valence electrons. The summed E-state index contributed by atoms with van der Waals surface area (Å²) in [6, 6.07) is 50.5. The normalized spacial score (nSPS) is 11.0. The number of para-hydroxylation sites is 1. The SMILES string of the molecule is c1ccc(-c2cc(-c3ccc(-c4nc(-c5ccccc5)nc(-c5ccccc5)n4)cn3)nc(-c3ccc4ccccc4n3)c2)cc1. The zero-order valence-corrected chi connectivity index (χ0v) is 24.7. The van der Waals surface area contributed by atoms with E-state index >= 15 is 0 Å².